The SMILES string of the molecule is O=C(CCc1ccccc1Cl)Nc1ccc(NC(=O)c2ccc(F)cc2)cc1C(F)(F)F. The molecule has 0 aliphatic heterocycles. The van der Waals surface area contributed by atoms with E-state index in [1.54, 1.807) is 24.3 Å². The standard InChI is InChI=1S/C23H17ClF4N2O2/c24-19-4-2-1-3-14(19)7-12-21(31)30-20-11-10-17(13-18(20)23(26,27)28)29-22(32)15-5-8-16(25)9-6-15/h1-6,8-11,13H,7,12H2,(H,29,32)(H,30,31). The minimum atomic E-state index is -4.78. The van der Waals surface area contributed by atoms with E-state index in [1.165, 1.54) is 18.2 Å². The van der Waals surface area contributed by atoms with Gasteiger partial charge in [0.05, 0.1) is 11.3 Å². The van der Waals surface area contributed by atoms with Crippen LogP contribution in [0.4, 0.5) is 28.9 Å². The maximum atomic E-state index is 13.6. The van der Waals surface area contributed by atoms with Crippen molar-refractivity contribution in [2.45, 2.75) is 19.0 Å². The first-order valence-electron chi connectivity index (χ1n) is 9.45. The molecule has 0 heterocycles. The highest BCUT2D eigenvalue weighted by molar-refractivity contribution is 6.31. The van der Waals surface area contributed by atoms with Crippen molar-refractivity contribution in [2.24, 2.45) is 0 Å². The molecule has 0 saturated carbocycles. The van der Waals surface area contributed by atoms with E-state index in [0.29, 0.717) is 10.6 Å². The smallest absolute Gasteiger partial charge is 0.325 e. The van der Waals surface area contributed by atoms with Gasteiger partial charge in [-0.05, 0) is 60.5 Å². The summed E-state index contributed by atoms with van der Waals surface area (Å²) in [6, 6.07) is 14.5. The molecule has 32 heavy (non-hydrogen) atoms. The van der Waals surface area contributed by atoms with Gasteiger partial charge in [0.2, 0.25) is 5.91 Å². The third-order valence-electron chi connectivity index (χ3n) is 4.54. The van der Waals surface area contributed by atoms with E-state index in [-0.39, 0.29) is 24.1 Å². The maximum absolute atomic E-state index is 13.6. The quantitative estimate of drug-likeness (QED) is 0.419. The Balaban J connectivity index is 1.73. The molecule has 0 saturated heterocycles. The molecule has 3 rings (SSSR count). The summed E-state index contributed by atoms with van der Waals surface area (Å²) in [5.74, 6) is -1.86. The second-order valence-electron chi connectivity index (χ2n) is 6.86. The van der Waals surface area contributed by atoms with Crippen molar-refractivity contribution in [3.05, 3.63) is 94.3 Å². The highest BCUT2D eigenvalue weighted by Gasteiger charge is 2.34. The van der Waals surface area contributed by atoms with Gasteiger partial charge in [-0.15, -0.1) is 0 Å². The van der Waals surface area contributed by atoms with E-state index < -0.39 is 35.1 Å². The van der Waals surface area contributed by atoms with Crippen LogP contribution in [0.15, 0.2) is 66.7 Å². The van der Waals surface area contributed by atoms with Gasteiger partial charge in [-0.3, -0.25) is 9.59 Å². The van der Waals surface area contributed by atoms with E-state index >= 15 is 0 Å². The fraction of sp³-hybridized carbons (Fsp3) is 0.130. The zero-order chi connectivity index (χ0) is 23.3. The van der Waals surface area contributed by atoms with Crippen molar-refractivity contribution >= 4 is 34.8 Å². The van der Waals surface area contributed by atoms with Crippen LogP contribution in [-0.2, 0) is 17.4 Å². The Bertz CT molecular complexity index is 1130. The minimum Gasteiger partial charge on any atom is -0.325 e. The van der Waals surface area contributed by atoms with Crippen molar-refractivity contribution in [1.29, 1.82) is 0 Å². The summed E-state index contributed by atoms with van der Waals surface area (Å²) >= 11 is 6.03. The minimum absolute atomic E-state index is 0.0654. The predicted octanol–water partition coefficient (Wildman–Crippen LogP) is 6.32. The molecule has 4 nitrogen and oxygen atoms in total. The van der Waals surface area contributed by atoms with Crippen molar-refractivity contribution in [2.75, 3.05) is 10.6 Å². The Kier molecular flexibility index (Phi) is 7.15. The van der Waals surface area contributed by atoms with Crippen LogP contribution in [0.1, 0.15) is 27.9 Å². The number of carbonyl (C=O) groups excluding carboxylic acids is 2. The van der Waals surface area contributed by atoms with Crippen LogP contribution in [0.2, 0.25) is 5.02 Å². The molecule has 0 aromatic heterocycles. The zero-order valence-electron chi connectivity index (χ0n) is 16.5. The number of halogens is 5. The van der Waals surface area contributed by atoms with Gasteiger partial charge in [-0.2, -0.15) is 13.2 Å². The lowest BCUT2D eigenvalue weighted by molar-refractivity contribution is -0.136. The Morgan fingerprint density at radius 2 is 1.59 bits per heavy atom. The monoisotopic (exact) mass is 464 g/mol. The summed E-state index contributed by atoms with van der Waals surface area (Å²) in [6.45, 7) is 0. The van der Waals surface area contributed by atoms with E-state index in [1.807, 2.05) is 0 Å². The highest BCUT2D eigenvalue weighted by Crippen LogP contribution is 2.37. The summed E-state index contributed by atoms with van der Waals surface area (Å²) in [5, 5.41) is 5.07. The molecule has 3 aromatic rings. The van der Waals surface area contributed by atoms with Gasteiger partial charge in [-0.25, -0.2) is 4.39 Å². The summed E-state index contributed by atoms with van der Waals surface area (Å²) in [4.78, 5) is 24.4. The van der Waals surface area contributed by atoms with Crippen molar-refractivity contribution in [1.82, 2.24) is 0 Å². The van der Waals surface area contributed by atoms with Crippen LogP contribution in [0.3, 0.4) is 0 Å². The van der Waals surface area contributed by atoms with Crippen LogP contribution in [0.25, 0.3) is 0 Å². The number of hydrogen-bond acceptors (Lipinski definition) is 2. The van der Waals surface area contributed by atoms with Gasteiger partial charge < -0.3 is 10.6 Å². The maximum Gasteiger partial charge on any atom is 0.418 e. The number of rotatable bonds is 6. The number of alkyl halides is 3. The third kappa shape index (κ3) is 6.07. The summed E-state index contributed by atoms with van der Waals surface area (Å²) < 4.78 is 53.7. The average molecular weight is 465 g/mol. The molecule has 166 valence electrons. The van der Waals surface area contributed by atoms with Crippen molar-refractivity contribution < 1.29 is 27.2 Å². The van der Waals surface area contributed by atoms with Gasteiger partial charge in [0.15, 0.2) is 0 Å². The molecule has 9 heteroatoms. The molecule has 0 fully saturated rings. The van der Waals surface area contributed by atoms with E-state index in [2.05, 4.69) is 10.6 Å². The van der Waals surface area contributed by atoms with Gasteiger partial charge in [0.25, 0.3) is 5.91 Å². The largest absolute Gasteiger partial charge is 0.418 e. The molecular formula is C23H17ClF4N2O2. The van der Waals surface area contributed by atoms with E-state index in [4.69, 9.17) is 11.6 Å². The topological polar surface area (TPSA) is 58.2 Å². The first-order valence-corrected chi connectivity index (χ1v) is 9.82. The summed E-state index contributed by atoms with van der Waals surface area (Å²) in [6.07, 6.45) is -4.58. The number of amides is 2. The lowest BCUT2D eigenvalue weighted by atomic mass is 10.1. The van der Waals surface area contributed by atoms with E-state index in [9.17, 15) is 27.2 Å². The normalized spacial score (nSPS) is 11.2. The van der Waals surface area contributed by atoms with Crippen molar-refractivity contribution in [3.63, 3.8) is 0 Å². The van der Waals surface area contributed by atoms with Crippen LogP contribution in [0.5, 0.6) is 0 Å². The molecule has 0 atom stereocenters. The number of hydrogen-bond donors (Lipinski definition) is 2. The van der Waals surface area contributed by atoms with E-state index in [0.717, 1.165) is 24.3 Å². The molecule has 0 aliphatic carbocycles. The number of anilines is 2. The lowest BCUT2D eigenvalue weighted by Gasteiger charge is -2.16. The fourth-order valence-corrected chi connectivity index (χ4v) is 3.16. The van der Waals surface area contributed by atoms with Gasteiger partial charge in [-0.1, -0.05) is 29.8 Å². The molecule has 0 spiro atoms. The fourth-order valence-electron chi connectivity index (χ4n) is 2.93. The Morgan fingerprint density at radius 3 is 2.25 bits per heavy atom. The molecule has 0 bridgehead atoms. The lowest BCUT2D eigenvalue weighted by Crippen LogP contribution is -2.18. The van der Waals surface area contributed by atoms with Crippen LogP contribution >= 0.6 is 11.6 Å². The number of benzene rings is 3. The summed E-state index contributed by atoms with van der Waals surface area (Å²) in [5.41, 5.74) is -0.876. The average Bonchev–Trinajstić information content (AvgIpc) is 2.74. The Hall–Kier alpha value is -3.39. The number of nitrogens with one attached hydrogen (secondary N) is 2. The molecule has 0 aliphatic rings. The predicted molar refractivity (Wildman–Crippen MR) is 114 cm³/mol. The number of carbonyl (C=O) groups is 2. The first kappa shape index (κ1) is 23.3. The molecule has 0 radical (unpaired) electrons. The first-order chi connectivity index (χ1) is 15.1. The second-order valence-corrected chi connectivity index (χ2v) is 7.27. The highest BCUT2D eigenvalue weighted by atomic mass is 35.5. The molecule has 0 unspecified atom stereocenters. The molecular weight excluding hydrogens is 448 g/mol. The van der Waals surface area contributed by atoms with Gasteiger partial charge in [0, 0.05) is 22.7 Å². The molecule has 3 aromatic carbocycles. The van der Waals surface area contributed by atoms with Gasteiger partial charge in [0.1, 0.15) is 5.82 Å². The second kappa shape index (κ2) is 9.82. The third-order valence-corrected chi connectivity index (χ3v) is 4.91. The molecule has 2 N–H and O–H groups in total. The number of aryl methyl sites for hydroxylation is 1. The summed E-state index contributed by atoms with van der Waals surface area (Å²) in [7, 11) is 0. The Labute approximate surface area is 186 Å². The van der Waals surface area contributed by atoms with Crippen LogP contribution < -0.4 is 10.6 Å². The zero-order valence-corrected chi connectivity index (χ0v) is 17.2. The molecule has 2 amide bonds. The van der Waals surface area contributed by atoms with Crippen molar-refractivity contribution in [3.8, 4) is 0 Å². The Morgan fingerprint density at radius 1 is 0.906 bits per heavy atom. The van der Waals surface area contributed by atoms with Crippen LogP contribution in [-0.4, -0.2) is 11.8 Å². The van der Waals surface area contributed by atoms with Gasteiger partial charge >= 0.3 is 6.18 Å². The van der Waals surface area contributed by atoms with Crippen LogP contribution in [0, 0.1) is 5.82 Å².